The molecule has 3 rings (SSSR count). The van der Waals surface area contributed by atoms with E-state index < -0.39 is 0 Å². The molecule has 0 spiro atoms. The number of aryl methyl sites for hydroxylation is 2. The van der Waals surface area contributed by atoms with Gasteiger partial charge < -0.3 is 10.2 Å². The van der Waals surface area contributed by atoms with Crippen LogP contribution in [0.25, 0.3) is 0 Å². The van der Waals surface area contributed by atoms with Crippen LogP contribution >= 0.6 is 0 Å². The number of amides is 2. The van der Waals surface area contributed by atoms with E-state index in [0.29, 0.717) is 19.4 Å². The van der Waals surface area contributed by atoms with Crippen LogP contribution in [-0.2, 0) is 23.1 Å². The van der Waals surface area contributed by atoms with E-state index in [2.05, 4.69) is 15.4 Å². The van der Waals surface area contributed by atoms with E-state index >= 15 is 0 Å². The van der Waals surface area contributed by atoms with Crippen molar-refractivity contribution in [3.63, 3.8) is 0 Å². The highest BCUT2D eigenvalue weighted by atomic mass is 16.2. The molecule has 1 N–H and O–H groups in total. The van der Waals surface area contributed by atoms with Gasteiger partial charge in [0, 0.05) is 56.6 Å². The van der Waals surface area contributed by atoms with Gasteiger partial charge in [-0.3, -0.25) is 19.3 Å². The van der Waals surface area contributed by atoms with Crippen molar-refractivity contribution in [2.24, 2.45) is 13.0 Å². The predicted molar refractivity (Wildman–Crippen MR) is 97.1 cm³/mol. The molecule has 2 aromatic rings. The predicted octanol–water partition coefficient (Wildman–Crippen LogP) is 1.39. The van der Waals surface area contributed by atoms with E-state index in [1.807, 2.05) is 39.3 Å². The van der Waals surface area contributed by atoms with Crippen molar-refractivity contribution in [2.45, 2.75) is 32.2 Å². The summed E-state index contributed by atoms with van der Waals surface area (Å²) in [6.07, 6.45) is 7.05. The van der Waals surface area contributed by atoms with Gasteiger partial charge in [-0.2, -0.15) is 5.10 Å². The number of carbonyl (C=O) groups excluding carboxylic acids is 2. The van der Waals surface area contributed by atoms with Crippen LogP contribution in [0.4, 0.5) is 0 Å². The molecule has 3 heterocycles. The zero-order chi connectivity index (χ0) is 18.7. The van der Waals surface area contributed by atoms with Gasteiger partial charge >= 0.3 is 0 Å². The Labute approximate surface area is 153 Å². The first-order chi connectivity index (χ1) is 12.5. The molecule has 0 unspecified atom stereocenters. The molecule has 2 amide bonds. The number of likely N-dealkylation sites (tertiary alicyclic amines) is 1. The van der Waals surface area contributed by atoms with Gasteiger partial charge in [0.25, 0.3) is 0 Å². The molecular formula is C19H25N5O2. The molecule has 0 saturated carbocycles. The molecule has 7 heteroatoms. The molecule has 138 valence electrons. The average Bonchev–Trinajstić information content (AvgIpc) is 3.04. The fourth-order valence-electron chi connectivity index (χ4n) is 3.60. The second kappa shape index (κ2) is 7.68. The Bertz CT molecular complexity index is 801. The van der Waals surface area contributed by atoms with Crippen LogP contribution in [0.2, 0.25) is 0 Å². The summed E-state index contributed by atoms with van der Waals surface area (Å²) in [6.45, 7) is 2.44. The highest BCUT2D eigenvalue weighted by Gasteiger charge is 2.35. The number of rotatable bonds is 5. The summed E-state index contributed by atoms with van der Waals surface area (Å²) in [6, 6.07) is 3.70. The zero-order valence-corrected chi connectivity index (χ0v) is 15.5. The maximum absolute atomic E-state index is 12.4. The molecule has 0 radical (unpaired) electrons. The third kappa shape index (κ3) is 3.92. The van der Waals surface area contributed by atoms with Crippen molar-refractivity contribution in [3.8, 4) is 0 Å². The van der Waals surface area contributed by atoms with E-state index in [1.54, 1.807) is 22.0 Å². The van der Waals surface area contributed by atoms with Crippen LogP contribution in [0.1, 0.15) is 35.7 Å². The number of hydrogen-bond acceptors (Lipinski definition) is 4. The van der Waals surface area contributed by atoms with Crippen LogP contribution < -0.4 is 5.32 Å². The lowest BCUT2D eigenvalue weighted by atomic mass is 9.85. The summed E-state index contributed by atoms with van der Waals surface area (Å²) in [5.41, 5.74) is 2.81. The lowest BCUT2D eigenvalue weighted by molar-refractivity contribution is -0.137. The Morgan fingerprint density at radius 3 is 2.88 bits per heavy atom. The standard InChI is InChI=1S/C19H25N5O2/c1-13-14(5-4-8-20-13)9-17(25)21-10-15-6-7-18(26)24(3)19(15)16-11-22-23(2)12-16/h4-5,8,11-12,15,19H,6-7,9-10H2,1-3H3,(H,21,25)/t15-,19+/m1/s1. The van der Waals surface area contributed by atoms with Crippen molar-refractivity contribution in [1.82, 2.24) is 25.0 Å². The highest BCUT2D eigenvalue weighted by Crippen LogP contribution is 2.35. The Hall–Kier alpha value is -2.70. The van der Waals surface area contributed by atoms with E-state index in [4.69, 9.17) is 0 Å². The van der Waals surface area contributed by atoms with Gasteiger partial charge in [-0.05, 0) is 25.0 Å². The summed E-state index contributed by atoms with van der Waals surface area (Å²) in [5, 5.41) is 7.27. The normalized spacial score (nSPS) is 20.3. The molecule has 2 atom stereocenters. The third-order valence-corrected chi connectivity index (χ3v) is 5.08. The second-order valence-electron chi connectivity index (χ2n) is 6.92. The van der Waals surface area contributed by atoms with Gasteiger partial charge in [-0.15, -0.1) is 0 Å². The smallest absolute Gasteiger partial charge is 0.224 e. The molecule has 1 saturated heterocycles. The molecule has 2 aromatic heterocycles. The number of aromatic nitrogens is 3. The van der Waals surface area contributed by atoms with Crippen molar-refractivity contribution in [3.05, 3.63) is 47.5 Å². The third-order valence-electron chi connectivity index (χ3n) is 5.08. The SMILES string of the molecule is Cc1ncccc1CC(=O)NC[C@H]1CCC(=O)N(C)[C@@H]1c1cnn(C)c1. The Kier molecular flexibility index (Phi) is 5.35. The summed E-state index contributed by atoms with van der Waals surface area (Å²) in [7, 11) is 3.69. The van der Waals surface area contributed by atoms with Crippen LogP contribution in [0.5, 0.6) is 0 Å². The van der Waals surface area contributed by atoms with Gasteiger partial charge in [0.1, 0.15) is 0 Å². The van der Waals surface area contributed by atoms with Gasteiger partial charge in [-0.1, -0.05) is 6.07 Å². The second-order valence-corrected chi connectivity index (χ2v) is 6.92. The Balaban J connectivity index is 1.66. The molecular weight excluding hydrogens is 330 g/mol. The van der Waals surface area contributed by atoms with E-state index in [9.17, 15) is 9.59 Å². The van der Waals surface area contributed by atoms with Gasteiger partial charge in [0.2, 0.25) is 11.8 Å². The minimum absolute atomic E-state index is 0.0226. The zero-order valence-electron chi connectivity index (χ0n) is 15.5. The number of nitrogens with one attached hydrogen (secondary N) is 1. The Morgan fingerprint density at radius 1 is 1.38 bits per heavy atom. The fourth-order valence-corrected chi connectivity index (χ4v) is 3.60. The first kappa shape index (κ1) is 18.1. The largest absolute Gasteiger partial charge is 0.355 e. The number of nitrogens with zero attached hydrogens (tertiary/aromatic N) is 4. The fraction of sp³-hybridized carbons (Fsp3) is 0.474. The first-order valence-corrected chi connectivity index (χ1v) is 8.87. The van der Waals surface area contributed by atoms with Crippen molar-refractivity contribution in [2.75, 3.05) is 13.6 Å². The minimum atomic E-state index is -0.0645. The maximum Gasteiger partial charge on any atom is 0.224 e. The highest BCUT2D eigenvalue weighted by molar-refractivity contribution is 5.79. The number of piperidine rings is 1. The molecule has 0 aromatic carbocycles. The molecule has 0 bridgehead atoms. The maximum atomic E-state index is 12.4. The molecule has 0 aliphatic carbocycles. The summed E-state index contributed by atoms with van der Waals surface area (Å²) >= 11 is 0. The quantitative estimate of drug-likeness (QED) is 0.879. The van der Waals surface area contributed by atoms with E-state index in [0.717, 1.165) is 23.2 Å². The van der Waals surface area contributed by atoms with Crippen molar-refractivity contribution in [1.29, 1.82) is 0 Å². The summed E-state index contributed by atoms with van der Waals surface area (Å²) in [4.78, 5) is 30.5. The van der Waals surface area contributed by atoms with Crippen molar-refractivity contribution >= 4 is 11.8 Å². The van der Waals surface area contributed by atoms with Gasteiger partial charge in [-0.25, -0.2) is 0 Å². The van der Waals surface area contributed by atoms with Gasteiger partial charge in [0.15, 0.2) is 0 Å². The van der Waals surface area contributed by atoms with Crippen LogP contribution in [0.15, 0.2) is 30.7 Å². The van der Waals surface area contributed by atoms with Gasteiger partial charge in [0.05, 0.1) is 18.7 Å². The average molecular weight is 355 g/mol. The molecule has 1 fully saturated rings. The van der Waals surface area contributed by atoms with Crippen molar-refractivity contribution < 1.29 is 9.59 Å². The summed E-state index contributed by atoms with van der Waals surface area (Å²) in [5.74, 6) is 0.277. The number of hydrogen-bond donors (Lipinski definition) is 1. The molecule has 7 nitrogen and oxygen atoms in total. The van der Waals surface area contributed by atoms with E-state index in [-0.39, 0.29) is 23.8 Å². The first-order valence-electron chi connectivity index (χ1n) is 8.87. The minimum Gasteiger partial charge on any atom is -0.355 e. The lowest BCUT2D eigenvalue weighted by Gasteiger charge is -2.38. The van der Waals surface area contributed by atoms with Crippen LogP contribution in [0.3, 0.4) is 0 Å². The lowest BCUT2D eigenvalue weighted by Crippen LogP contribution is -2.44. The van der Waals surface area contributed by atoms with E-state index in [1.165, 1.54) is 0 Å². The van der Waals surface area contributed by atoms with Crippen LogP contribution in [-0.4, -0.2) is 45.1 Å². The monoisotopic (exact) mass is 355 g/mol. The molecule has 1 aliphatic heterocycles. The summed E-state index contributed by atoms with van der Waals surface area (Å²) < 4.78 is 1.74. The number of carbonyl (C=O) groups is 2. The molecule has 26 heavy (non-hydrogen) atoms. The van der Waals surface area contributed by atoms with Crippen LogP contribution in [0, 0.1) is 12.8 Å². The topological polar surface area (TPSA) is 80.1 Å². The molecule has 1 aliphatic rings. The Morgan fingerprint density at radius 2 is 2.19 bits per heavy atom. The number of pyridine rings is 1.